The number of carbonyl (C=O) groups is 1. The van der Waals surface area contributed by atoms with Crippen molar-refractivity contribution in [1.82, 2.24) is 4.72 Å². The van der Waals surface area contributed by atoms with Crippen LogP contribution in [0.1, 0.15) is 37.4 Å². The first kappa shape index (κ1) is 14.5. The zero-order valence-corrected chi connectivity index (χ0v) is 12.9. The van der Waals surface area contributed by atoms with E-state index < -0.39 is 16.0 Å². The third-order valence-corrected chi connectivity index (χ3v) is 7.34. The van der Waals surface area contributed by atoms with Gasteiger partial charge in [-0.05, 0) is 23.0 Å². The molecule has 0 radical (unpaired) electrons. The maximum atomic E-state index is 12.2. The SMILES string of the molecule is CC1(C)C(NS(=O)(=O)c2ccc(C(=O)O)s2)C1(C)C. The lowest BCUT2D eigenvalue weighted by molar-refractivity contribution is 0.0702. The minimum atomic E-state index is -3.65. The Labute approximate surface area is 116 Å². The first-order valence-electron chi connectivity index (χ1n) is 5.85. The number of thiophene rings is 1. The van der Waals surface area contributed by atoms with Gasteiger partial charge in [-0.25, -0.2) is 17.9 Å². The summed E-state index contributed by atoms with van der Waals surface area (Å²) >= 11 is 0.768. The summed E-state index contributed by atoms with van der Waals surface area (Å²) < 4.78 is 27.1. The molecular formula is C12H17NO4S2. The molecule has 5 nitrogen and oxygen atoms in total. The maximum absolute atomic E-state index is 12.2. The Hall–Kier alpha value is -0.920. The van der Waals surface area contributed by atoms with Crippen molar-refractivity contribution in [1.29, 1.82) is 0 Å². The molecule has 19 heavy (non-hydrogen) atoms. The van der Waals surface area contributed by atoms with Gasteiger partial charge in [0.25, 0.3) is 0 Å². The Balaban J connectivity index is 2.23. The average Bonchev–Trinajstić information content (AvgIpc) is 2.71. The molecule has 2 rings (SSSR count). The topological polar surface area (TPSA) is 83.5 Å². The highest BCUT2D eigenvalue weighted by Gasteiger charge is 2.66. The minimum Gasteiger partial charge on any atom is -0.477 e. The summed E-state index contributed by atoms with van der Waals surface area (Å²) in [6.07, 6.45) is 0. The van der Waals surface area contributed by atoms with Gasteiger partial charge in [0.15, 0.2) is 0 Å². The first-order chi connectivity index (χ1) is 8.50. The van der Waals surface area contributed by atoms with Crippen molar-refractivity contribution in [2.45, 2.75) is 37.9 Å². The van der Waals surface area contributed by atoms with Crippen LogP contribution in [0.5, 0.6) is 0 Å². The molecule has 0 aromatic carbocycles. The van der Waals surface area contributed by atoms with E-state index in [1.54, 1.807) is 0 Å². The lowest BCUT2D eigenvalue weighted by Gasteiger charge is -2.05. The molecule has 2 N–H and O–H groups in total. The van der Waals surface area contributed by atoms with E-state index in [4.69, 9.17) is 5.11 Å². The highest BCUT2D eigenvalue weighted by atomic mass is 32.2. The van der Waals surface area contributed by atoms with E-state index in [1.165, 1.54) is 12.1 Å². The second-order valence-electron chi connectivity index (χ2n) is 5.92. The highest BCUT2D eigenvalue weighted by Crippen LogP contribution is 2.63. The van der Waals surface area contributed by atoms with Crippen LogP contribution in [-0.2, 0) is 10.0 Å². The number of sulfonamides is 1. The Morgan fingerprint density at radius 3 is 2.16 bits per heavy atom. The van der Waals surface area contributed by atoms with Crippen LogP contribution in [0.4, 0.5) is 0 Å². The molecule has 0 unspecified atom stereocenters. The van der Waals surface area contributed by atoms with Crippen LogP contribution >= 0.6 is 11.3 Å². The number of rotatable bonds is 4. The summed E-state index contributed by atoms with van der Waals surface area (Å²) in [6.45, 7) is 8.04. The molecular weight excluding hydrogens is 286 g/mol. The molecule has 0 spiro atoms. The van der Waals surface area contributed by atoms with Crippen molar-refractivity contribution in [2.24, 2.45) is 10.8 Å². The van der Waals surface area contributed by atoms with E-state index in [0.29, 0.717) is 0 Å². The summed E-state index contributed by atoms with van der Waals surface area (Å²) in [7, 11) is -3.65. The van der Waals surface area contributed by atoms with Gasteiger partial charge >= 0.3 is 5.97 Å². The molecule has 1 aliphatic carbocycles. The molecule has 0 bridgehead atoms. The second-order valence-corrected chi connectivity index (χ2v) is 8.95. The normalized spacial score (nSPS) is 21.3. The van der Waals surface area contributed by atoms with Crippen molar-refractivity contribution < 1.29 is 18.3 Å². The third kappa shape index (κ3) is 2.19. The zero-order chi connectivity index (χ0) is 14.6. The Kier molecular flexibility index (Phi) is 3.08. The van der Waals surface area contributed by atoms with E-state index in [0.717, 1.165) is 11.3 Å². The zero-order valence-electron chi connectivity index (χ0n) is 11.2. The van der Waals surface area contributed by atoms with E-state index >= 15 is 0 Å². The number of carboxylic acid groups (broad SMARTS) is 1. The van der Waals surface area contributed by atoms with Gasteiger partial charge in [0.05, 0.1) is 0 Å². The molecule has 7 heteroatoms. The summed E-state index contributed by atoms with van der Waals surface area (Å²) in [5, 5.41) is 8.82. The monoisotopic (exact) mass is 303 g/mol. The van der Waals surface area contributed by atoms with E-state index in [9.17, 15) is 13.2 Å². The van der Waals surface area contributed by atoms with Crippen LogP contribution in [0.3, 0.4) is 0 Å². The van der Waals surface area contributed by atoms with Gasteiger partial charge in [-0.3, -0.25) is 0 Å². The van der Waals surface area contributed by atoms with Gasteiger partial charge in [-0.1, -0.05) is 27.7 Å². The quantitative estimate of drug-likeness (QED) is 0.893. The molecule has 1 aromatic rings. The van der Waals surface area contributed by atoms with Crippen molar-refractivity contribution in [3.05, 3.63) is 17.0 Å². The molecule has 0 atom stereocenters. The van der Waals surface area contributed by atoms with Gasteiger partial charge in [0.2, 0.25) is 10.0 Å². The fourth-order valence-corrected chi connectivity index (χ4v) is 4.98. The maximum Gasteiger partial charge on any atom is 0.345 e. The van der Waals surface area contributed by atoms with Crippen LogP contribution in [0.15, 0.2) is 16.3 Å². The summed E-state index contributed by atoms with van der Waals surface area (Å²) in [4.78, 5) is 10.8. The Bertz CT molecular complexity index is 614. The molecule has 106 valence electrons. The fourth-order valence-electron chi connectivity index (χ4n) is 2.28. The average molecular weight is 303 g/mol. The number of carboxylic acids is 1. The largest absolute Gasteiger partial charge is 0.477 e. The molecule has 1 saturated carbocycles. The predicted octanol–water partition coefficient (Wildman–Crippen LogP) is 2.16. The molecule has 1 aliphatic rings. The molecule has 1 heterocycles. The third-order valence-electron chi connectivity index (χ3n) is 4.35. The fraction of sp³-hybridized carbons (Fsp3) is 0.583. The van der Waals surface area contributed by atoms with Crippen molar-refractivity contribution in [3.8, 4) is 0 Å². The standard InChI is InChI=1S/C12H17NO4S2/c1-11(2)10(12(11,3)4)13-19(16,17)8-6-5-7(18-8)9(14)15/h5-6,10,13H,1-4H3,(H,14,15). The summed E-state index contributed by atoms with van der Waals surface area (Å²) in [5.41, 5.74) is -0.208. The van der Waals surface area contributed by atoms with Gasteiger partial charge in [-0.15, -0.1) is 11.3 Å². The molecule has 1 aromatic heterocycles. The van der Waals surface area contributed by atoms with Crippen LogP contribution in [0.2, 0.25) is 0 Å². The van der Waals surface area contributed by atoms with Gasteiger partial charge in [-0.2, -0.15) is 0 Å². The smallest absolute Gasteiger partial charge is 0.345 e. The highest BCUT2D eigenvalue weighted by molar-refractivity contribution is 7.91. The van der Waals surface area contributed by atoms with Crippen LogP contribution in [-0.4, -0.2) is 25.5 Å². The Morgan fingerprint density at radius 2 is 1.79 bits per heavy atom. The summed E-state index contributed by atoms with van der Waals surface area (Å²) in [6, 6.07) is 2.50. The molecule has 0 saturated heterocycles. The van der Waals surface area contributed by atoms with Gasteiger partial charge in [0.1, 0.15) is 9.09 Å². The number of hydrogen-bond donors (Lipinski definition) is 2. The van der Waals surface area contributed by atoms with Crippen LogP contribution in [0, 0.1) is 10.8 Å². The van der Waals surface area contributed by atoms with Crippen LogP contribution in [0.25, 0.3) is 0 Å². The molecule has 1 fully saturated rings. The second kappa shape index (κ2) is 4.04. The van der Waals surface area contributed by atoms with Gasteiger partial charge in [0, 0.05) is 6.04 Å². The predicted molar refractivity (Wildman–Crippen MR) is 72.9 cm³/mol. The summed E-state index contributed by atoms with van der Waals surface area (Å²) in [5.74, 6) is -1.11. The van der Waals surface area contributed by atoms with E-state index in [1.807, 2.05) is 27.7 Å². The molecule has 0 aliphatic heterocycles. The van der Waals surface area contributed by atoms with E-state index in [2.05, 4.69) is 4.72 Å². The number of aromatic carboxylic acids is 1. The first-order valence-corrected chi connectivity index (χ1v) is 8.15. The van der Waals surface area contributed by atoms with Gasteiger partial charge < -0.3 is 5.11 Å². The van der Waals surface area contributed by atoms with E-state index in [-0.39, 0.29) is 26.0 Å². The Morgan fingerprint density at radius 1 is 1.26 bits per heavy atom. The number of hydrogen-bond acceptors (Lipinski definition) is 4. The molecule has 0 amide bonds. The number of nitrogens with one attached hydrogen (secondary N) is 1. The minimum absolute atomic E-state index is 0.0229. The lowest BCUT2D eigenvalue weighted by atomic mass is 10.0. The van der Waals surface area contributed by atoms with Crippen LogP contribution < -0.4 is 4.72 Å². The van der Waals surface area contributed by atoms with Crippen molar-refractivity contribution in [2.75, 3.05) is 0 Å². The van der Waals surface area contributed by atoms with Crippen molar-refractivity contribution >= 4 is 27.3 Å². The van der Waals surface area contributed by atoms with Crippen molar-refractivity contribution in [3.63, 3.8) is 0 Å². The lowest BCUT2D eigenvalue weighted by Crippen LogP contribution is -2.29.